The molecule has 18 heavy (non-hydrogen) atoms. The molecule has 2 aromatic rings. The van der Waals surface area contributed by atoms with Crippen molar-refractivity contribution in [3.05, 3.63) is 54.1 Å². The standard InChI is InChI=1S/C13H13N3O2/c1-9(11-4-2-3-6-15-11)16-12-8-14-7-5-10(12)13(17)18/h2-9,16H,1H3,(H,17,18). The average molecular weight is 243 g/mol. The number of carboxylic acids is 1. The fraction of sp³-hybridized carbons (Fsp3) is 0.154. The van der Waals surface area contributed by atoms with E-state index in [-0.39, 0.29) is 11.6 Å². The van der Waals surface area contributed by atoms with Gasteiger partial charge in [0.15, 0.2) is 0 Å². The number of nitrogens with one attached hydrogen (secondary N) is 1. The Balaban J connectivity index is 2.22. The molecule has 0 saturated carbocycles. The largest absolute Gasteiger partial charge is 0.478 e. The summed E-state index contributed by atoms with van der Waals surface area (Å²) in [7, 11) is 0. The van der Waals surface area contributed by atoms with Crippen LogP contribution in [0, 0.1) is 0 Å². The van der Waals surface area contributed by atoms with Crippen LogP contribution in [0.1, 0.15) is 29.0 Å². The van der Waals surface area contributed by atoms with Crippen molar-refractivity contribution in [3.63, 3.8) is 0 Å². The lowest BCUT2D eigenvalue weighted by Crippen LogP contribution is -2.12. The van der Waals surface area contributed by atoms with Crippen molar-refractivity contribution < 1.29 is 9.90 Å². The fourth-order valence-corrected chi connectivity index (χ4v) is 1.64. The number of rotatable bonds is 4. The number of hydrogen-bond acceptors (Lipinski definition) is 4. The fourth-order valence-electron chi connectivity index (χ4n) is 1.64. The third-order valence-corrected chi connectivity index (χ3v) is 2.55. The third-order valence-electron chi connectivity index (χ3n) is 2.55. The minimum absolute atomic E-state index is 0.0894. The maximum Gasteiger partial charge on any atom is 0.337 e. The molecule has 0 spiro atoms. The third kappa shape index (κ3) is 2.63. The second kappa shape index (κ2) is 5.27. The second-order valence-electron chi connectivity index (χ2n) is 3.85. The Labute approximate surface area is 105 Å². The number of aromatic nitrogens is 2. The Bertz CT molecular complexity index is 543. The molecule has 0 amide bonds. The molecule has 1 atom stereocenters. The molecule has 0 aliphatic carbocycles. The van der Waals surface area contributed by atoms with E-state index in [0.29, 0.717) is 5.69 Å². The maximum atomic E-state index is 11.1. The van der Waals surface area contributed by atoms with E-state index in [1.165, 1.54) is 18.5 Å². The summed E-state index contributed by atoms with van der Waals surface area (Å²) in [5, 5.41) is 12.2. The van der Waals surface area contributed by atoms with Gasteiger partial charge < -0.3 is 10.4 Å². The van der Waals surface area contributed by atoms with Gasteiger partial charge in [-0.3, -0.25) is 9.97 Å². The summed E-state index contributed by atoms with van der Waals surface area (Å²) < 4.78 is 0. The van der Waals surface area contributed by atoms with Crippen molar-refractivity contribution in [2.75, 3.05) is 5.32 Å². The van der Waals surface area contributed by atoms with Gasteiger partial charge in [0.2, 0.25) is 0 Å². The number of carboxylic acid groups (broad SMARTS) is 1. The number of pyridine rings is 2. The highest BCUT2D eigenvalue weighted by atomic mass is 16.4. The number of nitrogens with zero attached hydrogens (tertiary/aromatic N) is 2. The Hall–Kier alpha value is -2.43. The average Bonchev–Trinajstić information content (AvgIpc) is 2.40. The van der Waals surface area contributed by atoms with E-state index in [0.717, 1.165) is 5.69 Å². The van der Waals surface area contributed by atoms with Crippen molar-refractivity contribution in [3.8, 4) is 0 Å². The van der Waals surface area contributed by atoms with E-state index in [4.69, 9.17) is 5.11 Å². The zero-order valence-electron chi connectivity index (χ0n) is 9.87. The summed E-state index contributed by atoms with van der Waals surface area (Å²) in [5.74, 6) is -0.979. The summed E-state index contributed by atoms with van der Waals surface area (Å²) in [4.78, 5) is 19.2. The minimum Gasteiger partial charge on any atom is -0.478 e. The van der Waals surface area contributed by atoms with Crippen LogP contribution < -0.4 is 5.32 Å². The molecule has 0 aromatic carbocycles. The Morgan fingerprint density at radius 2 is 2.17 bits per heavy atom. The van der Waals surface area contributed by atoms with Gasteiger partial charge >= 0.3 is 5.97 Å². The maximum absolute atomic E-state index is 11.1. The Morgan fingerprint density at radius 3 is 2.83 bits per heavy atom. The van der Waals surface area contributed by atoms with E-state index < -0.39 is 5.97 Å². The van der Waals surface area contributed by atoms with Gasteiger partial charge in [0, 0.05) is 12.4 Å². The SMILES string of the molecule is CC(Nc1cnccc1C(=O)O)c1ccccn1. The minimum atomic E-state index is -0.979. The van der Waals surface area contributed by atoms with Crippen LogP contribution in [0.2, 0.25) is 0 Å². The molecule has 2 N–H and O–H groups in total. The van der Waals surface area contributed by atoms with Gasteiger partial charge in [-0.1, -0.05) is 6.07 Å². The highest BCUT2D eigenvalue weighted by Crippen LogP contribution is 2.20. The van der Waals surface area contributed by atoms with Gasteiger partial charge in [-0.25, -0.2) is 4.79 Å². The monoisotopic (exact) mass is 243 g/mol. The predicted molar refractivity (Wildman–Crippen MR) is 67.5 cm³/mol. The zero-order valence-corrected chi connectivity index (χ0v) is 9.87. The van der Waals surface area contributed by atoms with Gasteiger partial charge in [-0.2, -0.15) is 0 Å². The van der Waals surface area contributed by atoms with Gasteiger partial charge in [-0.05, 0) is 25.1 Å². The van der Waals surface area contributed by atoms with E-state index in [9.17, 15) is 4.79 Å². The lowest BCUT2D eigenvalue weighted by Gasteiger charge is -2.15. The second-order valence-corrected chi connectivity index (χ2v) is 3.85. The smallest absolute Gasteiger partial charge is 0.337 e. The van der Waals surface area contributed by atoms with Crippen LogP contribution in [0.5, 0.6) is 0 Å². The zero-order chi connectivity index (χ0) is 13.0. The summed E-state index contributed by atoms with van der Waals surface area (Å²) in [6.45, 7) is 1.92. The van der Waals surface area contributed by atoms with Crippen LogP contribution in [-0.4, -0.2) is 21.0 Å². The summed E-state index contributed by atoms with van der Waals surface area (Å²) in [6, 6.07) is 6.99. The summed E-state index contributed by atoms with van der Waals surface area (Å²) in [6.07, 6.45) is 4.66. The quantitative estimate of drug-likeness (QED) is 0.862. The van der Waals surface area contributed by atoms with E-state index in [1.807, 2.05) is 25.1 Å². The van der Waals surface area contributed by atoms with Gasteiger partial charge in [-0.15, -0.1) is 0 Å². The molecule has 1 unspecified atom stereocenters. The number of carbonyl (C=O) groups is 1. The molecule has 0 bridgehead atoms. The molecule has 0 saturated heterocycles. The molecule has 0 aliphatic heterocycles. The van der Waals surface area contributed by atoms with Gasteiger partial charge in [0.1, 0.15) is 0 Å². The first kappa shape index (κ1) is 12.0. The summed E-state index contributed by atoms with van der Waals surface area (Å²) in [5.41, 5.74) is 1.54. The van der Waals surface area contributed by atoms with Crippen LogP contribution >= 0.6 is 0 Å². The normalized spacial score (nSPS) is 11.8. The Morgan fingerprint density at radius 1 is 1.33 bits per heavy atom. The van der Waals surface area contributed by atoms with Crippen LogP contribution in [0.25, 0.3) is 0 Å². The van der Waals surface area contributed by atoms with Crippen molar-refractivity contribution in [2.24, 2.45) is 0 Å². The number of aromatic carboxylic acids is 1. The number of anilines is 1. The van der Waals surface area contributed by atoms with Gasteiger partial charge in [0.05, 0.1) is 29.2 Å². The van der Waals surface area contributed by atoms with Crippen LogP contribution in [0.4, 0.5) is 5.69 Å². The predicted octanol–water partition coefficient (Wildman–Crippen LogP) is 2.35. The van der Waals surface area contributed by atoms with Crippen molar-refractivity contribution in [1.29, 1.82) is 0 Å². The molecule has 2 aromatic heterocycles. The molecule has 2 rings (SSSR count). The molecule has 5 nitrogen and oxygen atoms in total. The highest BCUT2D eigenvalue weighted by Gasteiger charge is 2.13. The van der Waals surface area contributed by atoms with Crippen molar-refractivity contribution in [2.45, 2.75) is 13.0 Å². The lowest BCUT2D eigenvalue weighted by molar-refractivity contribution is 0.0698. The molecule has 0 aliphatic rings. The van der Waals surface area contributed by atoms with E-state index in [1.54, 1.807) is 6.20 Å². The summed E-state index contributed by atoms with van der Waals surface area (Å²) >= 11 is 0. The molecular formula is C13H13N3O2. The first-order valence-corrected chi connectivity index (χ1v) is 5.53. The van der Waals surface area contributed by atoms with E-state index >= 15 is 0 Å². The molecule has 2 heterocycles. The van der Waals surface area contributed by atoms with E-state index in [2.05, 4.69) is 15.3 Å². The number of hydrogen-bond donors (Lipinski definition) is 2. The van der Waals surface area contributed by atoms with Crippen LogP contribution in [0.3, 0.4) is 0 Å². The van der Waals surface area contributed by atoms with Crippen LogP contribution in [0.15, 0.2) is 42.9 Å². The van der Waals surface area contributed by atoms with Crippen molar-refractivity contribution >= 4 is 11.7 Å². The first-order chi connectivity index (χ1) is 8.68. The van der Waals surface area contributed by atoms with Gasteiger partial charge in [0.25, 0.3) is 0 Å². The first-order valence-electron chi connectivity index (χ1n) is 5.53. The molecule has 5 heteroatoms. The molecule has 0 fully saturated rings. The van der Waals surface area contributed by atoms with Crippen LogP contribution in [-0.2, 0) is 0 Å². The van der Waals surface area contributed by atoms with Crippen molar-refractivity contribution in [1.82, 2.24) is 9.97 Å². The molecule has 92 valence electrons. The molecule has 0 radical (unpaired) electrons. The lowest BCUT2D eigenvalue weighted by atomic mass is 10.1. The topological polar surface area (TPSA) is 75.1 Å². The highest BCUT2D eigenvalue weighted by molar-refractivity contribution is 5.93. The molecular weight excluding hydrogens is 230 g/mol. The Kier molecular flexibility index (Phi) is 3.52.